The van der Waals surface area contributed by atoms with E-state index in [1.54, 1.807) is 0 Å². The van der Waals surface area contributed by atoms with Crippen LogP contribution in [0.4, 0.5) is 0 Å². The van der Waals surface area contributed by atoms with E-state index in [4.69, 9.17) is 0 Å². The molecule has 1 fully saturated rings. The number of hydrogen-bond donors (Lipinski definition) is 1. The largest absolute Gasteiger partial charge is 0.312 e. The minimum Gasteiger partial charge on any atom is -0.312 e. The van der Waals surface area contributed by atoms with Crippen molar-refractivity contribution in [2.24, 2.45) is 11.8 Å². The molecule has 1 unspecified atom stereocenters. The lowest BCUT2D eigenvalue weighted by Gasteiger charge is -2.33. The monoisotopic (exact) mass is 226 g/mol. The standard InChI is InChI=1S/C14H30N2/c1-12-6-8-16(9-7-12)11-13(2)10-15-14(3,4)5/h12-13,15H,6-11H2,1-5H3. The first-order valence-corrected chi connectivity index (χ1v) is 6.84. The van der Waals surface area contributed by atoms with Crippen LogP contribution < -0.4 is 5.32 Å². The minimum atomic E-state index is 0.255. The molecule has 1 N–H and O–H groups in total. The van der Waals surface area contributed by atoms with E-state index in [1.165, 1.54) is 32.5 Å². The molecular weight excluding hydrogens is 196 g/mol. The fraction of sp³-hybridized carbons (Fsp3) is 1.00. The fourth-order valence-corrected chi connectivity index (χ4v) is 2.23. The third-order valence-electron chi connectivity index (χ3n) is 3.43. The maximum atomic E-state index is 3.59. The molecule has 96 valence electrons. The highest BCUT2D eigenvalue weighted by Crippen LogP contribution is 2.16. The van der Waals surface area contributed by atoms with Gasteiger partial charge in [0.1, 0.15) is 0 Å². The van der Waals surface area contributed by atoms with Crippen molar-refractivity contribution < 1.29 is 0 Å². The van der Waals surface area contributed by atoms with Crippen LogP contribution in [0.2, 0.25) is 0 Å². The van der Waals surface area contributed by atoms with Crippen molar-refractivity contribution in [3.05, 3.63) is 0 Å². The summed E-state index contributed by atoms with van der Waals surface area (Å²) in [6.07, 6.45) is 2.78. The molecule has 2 nitrogen and oxygen atoms in total. The van der Waals surface area contributed by atoms with Gasteiger partial charge >= 0.3 is 0 Å². The molecule has 1 rings (SSSR count). The number of nitrogens with zero attached hydrogens (tertiary/aromatic N) is 1. The van der Waals surface area contributed by atoms with Crippen LogP contribution in [0.3, 0.4) is 0 Å². The zero-order valence-corrected chi connectivity index (χ0v) is 11.8. The van der Waals surface area contributed by atoms with Gasteiger partial charge in [0.25, 0.3) is 0 Å². The van der Waals surface area contributed by atoms with Gasteiger partial charge in [0.15, 0.2) is 0 Å². The first-order chi connectivity index (χ1) is 7.37. The quantitative estimate of drug-likeness (QED) is 0.793. The number of hydrogen-bond acceptors (Lipinski definition) is 2. The molecule has 0 aromatic rings. The molecule has 1 aliphatic rings. The molecule has 0 radical (unpaired) electrons. The second-order valence-electron chi connectivity index (χ2n) is 6.72. The van der Waals surface area contributed by atoms with Crippen molar-refractivity contribution in [2.75, 3.05) is 26.2 Å². The second-order valence-corrected chi connectivity index (χ2v) is 6.72. The Morgan fingerprint density at radius 3 is 2.31 bits per heavy atom. The Hall–Kier alpha value is -0.0800. The maximum absolute atomic E-state index is 3.59. The van der Waals surface area contributed by atoms with Crippen LogP contribution in [-0.2, 0) is 0 Å². The van der Waals surface area contributed by atoms with Crippen molar-refractivity contribution in [3.8, 4) is 0 Å². The van der Waals surface area contributed by atoms with Crippen molar-refractivity contribution in [2.45, 2.75) is 53.0 Å². The molecule has 1 atom stereocenters. The maximum Gasteiger partial charge on any atom is 0.00966 e. The van der Waals surface area contributed by atoms with Crippen LogP contribution in [0.1, 0.15) is 47.5 Å². The van der Waals surface area contributed by atoms with Crippen LogP contribution in [0.15, 0.2) is 0 Å². The smallest absolute Gasteiger partial charge is 0.00966 e. The zero-order chi connectivity index (χ0) is 12.2. The third-order valence-corrected chi connectivity index (χ3v) is 3.43. The van der Waals surface area contributed by atoms with Gasteiger partial charge in [0.2, 0.25) is 0 Å². The Kier molecular flexibility index (Phi) is 5.26. The molecule has 0 bridgehead atoms. The van der Waals surface area contributed by atoms with Gasteiger partial charge in [-0.25, -0.2) is 0 Å². The van der Waals surface area contributed by atoms with Gasteiger partial charge in [0.05, 0.1) is 0 Å². The minimum absolute atomic E-state index is 0.255. The Balaban J connectivity index is 2.16. The van der Waals surface area contributed by atoms with E-state index in [0.717, 1.165) is 18.4 Å². The molecular formula is C14H30N2. The van der Waals surface area contributed by atoms with Crippen LogP contribution in [0, 0.1) is 11.8 Å². The summed E-state index contributed by atoms with van der Waals surface area (Å²) in [6.45, 7) is 16.5. The number of rotatable bonds is 4. The fourth-order valence-electron chi connectivity index (χ4n) is 2.23. The van der Waals surface area contributed by atoms with Crippen molar-refractivity contribution in [1.29, 1.82) is 0 Å². The van der Waals surface area contributed by atoms with E-state index >= 15 is 0 Å². The number of likely N-dealkylation sites (tertiary alicyclic amines) is 1. The number of piperidine rings is 1. The summed E-state index contributed by atoms with van der Waals surface area (Å²) in [4.78, 5) is 2.63. The van der Waals surface area contributed by atoms with Gasteiger partial charge in [-0.2, -0.15) is 0 Å². The van der Waals surface area contributed by atoms with Gasteiger partial charge in [-0.15, -0.1) is 0 Å². The van der Waals surface area contributed by atoms with Crippen LogP contribution in [-0.4, -0.2) is 36.6 Å². The summed E-state index contributed by atoms with van der Waals surface area (Å²) >= 11 is 0. The van der Waals surface area contributed by atoms with E-state index in [2.05, 4.69) is 44.8 Å². The first kappa shape index (κ1) is 14.0. The van der Waals surface area contributed by atoms with E-state index in [-0.39, 0.29) is 5.54 Å². The van der Waals surface area contributed by atoms with E-state index in [0.29, 0.717) is 0 Å². The number of nitrogens with one attached hydrogen (secondary N) is 1. The van der Waals surface area contributed by atoms with E-state index < -0.39 is 0 Å². The molecule has 2 heteroatoms. The molecule has 16 heavy (non-hydrogen) atoms. The van der Waals surface area contributed by atoms with Gasteiger partial charge in [-0.3, -0.25) is 0 Å². The molecule has 0 spiro atoms. The topological polar surface area (TPSA) is 15.3 Å². The average Bonchev–Trinajstić information content (AvgIpc) is 2.18. The van der Waals surface area contributed by atoms with Crippen molar-refractivity contribution in [3.63, 3.8) is 0 Å². The highest BCUT2D eigenvalue weighted by atomic mass is 15.1. The summed E-state index contributed by atoms with van der Waals surface area (Å²) in [5.74, 6) is 1.70. The van der Waals surface area contributed by atoms with Crippen molar-refractivity contribution >= 4 is 0 Å². The van der Waals surface area contributed by atoms with Gasteiger partial charge in [-0.1, -0.05) is 13.8 Å². The predicted molar refractivity (Wildman–Crippen MR) is 71.8 cm³/mol. The summed E-state index contributed by atoms with van der Waals surface area (Å²) in [7, 11) is 0. The Morgan fingerprint density at radius 2 is 1.81 bits per heavy atom. The summed E-state index contributed by atoms with van der Waals surface area (Å²) in [6, 6.07) is 0. The lowest BCUT2D eigenvalue weighted by Crippen LogP contribution is -2.43. The highest BCUT2D eigenvalue weighted by molar-refractivity contribution is 4.75. The molecule has 1 heterocycles. The SMILES string of the molecule is CC1CCN(CC(C)CNC(C)(C)C)CC1. The molecule has 0 aromatic heterocycles. The molecule has 0 saturated carbocycles. The summed E-state index contributed by atoms with van der Waals surface area (Å²) < 4.78 is 0. The second kappa shape index (κ2) is 6.02. The lowest BCUT2D eigenvalue weighted by molar-refractivity contribution is 0.167. The lowest BCUT2D eigenvalue weighted by atomic mass is 9.98. The summed E-state index contributed by atoms with van der Waals surface area (Å²) in [5, 5.41) is 3.59. The van der Waals surface area contributed by atoms with E-state index in [9.17, 15) is 0 Å². The average molecular weight is 226 g/mol. The normalized spacial score (nSPS) is 22.3. The molecule has 0 amide bonds. The van der Waals surface area contributed by atoms with Gasteiger partial charge in [-0.05, 0) is 65.1 Å². The van der Waals surface area contributed by atoms with Gasteiger partial charge in [0, 0.05) is 12.1 Å². The highest BCUT2D eigenvalue weighted by Gasteiger charge is 2.18. The molecule has 0 aliphatic carbocycles. The van der Waals surface area contributed by atoms with Crippen LogP contribution in [0.5, 0.6) is 0 Å². The van der Waals surface area contributed by atoms with Crippen LogP contribution >= 0.6 is 0 Å². The molecule has 1 aliphatic heterocycles. The Morgan fingerprint density at radius 1 is 1.25 bits per heavy atom. The molecule has 0 aromatic carbocycles. The third kappa shape index (κ3) is 5.86. The van der Waals surface area contributed by atoms with Gasteiger partial charge < -0.3 is 10.2 Å². The first-order valence-electron chi connectivity index (χ1n) is 6.84. The Bertz CT molecular complexity index is 187. The predicted octanol–water partition coefficient (Wildman–Crippen LogP) is 2.74. The summed E-state index contributed by atoms with van der Waals surface area (Å²) in [5.41, 5.74) is 0.255. The van der Waals surface area contributed by atoms with E-state index in [1.807, 2.05) is 0 Å². The van der Waals surface area contributed by atoms with Crippen LogP contribution in [0.25, 0.3) is 0 Å². The Labute approximate surface area is 102 Å². The van der Waals surface area contributed by atoms with Crippen molar-refractivity contribution in [1.82, 2.24) is 10.2 Å². The molecule has 1 saturated heterocycles. The zero-order valence-electron chi connectivity index (χ0n) is 11.8.